The topological polar surface area (TPSA) is 102 Å². The van der Waals surface area contributed by atoms with Crippen LogP contribution in [0.3, 0.4) is 0 Å². The number of rotatable bonds is 1. The second-order valence-electron chi connectivity index (χ2n) is 6.22. The molecule has 0 radical (unpaired) electrons. The zero-order chi connectivity index (χ0) is 15.1. The number of hydrogen-bond acceptors (Lipinski definition) is 4. The summed E-state index contributed by atoms with van der Waals surface area (Å²) >= 11 is 0. The molecule has 3 N–H and O–H groups in total. The highest BCUT2D eigenvalue weighted by molar-refractivity contribution is 5.90. The van der Waals surface area contributed by atoms with Crippen molar-refractivity contribution in [3.8, 4) is 0 Å². The van der Waals surface area contributed by atoms with Crippen molar-refractivity contribution in [1.82, 2.24) is 20.8 Å². The Morgan fingerprint density at radius 3 is 2.50 bits per heavy atom. The molecule has 112 valence electrons. The van der Waals surface area contributed by atoms with Gasteiger partial charge < -0.3 is 4.90 Å². The van der Waals surface area contributed by atoms with Crippen molar-refractivity contribution in [3.63, 3.8) is 0 Å². The first-order valence-corrected chi connectivity index (χ1v) is 6.61. The summed E-state index contributed by atoms with van der Waals surface area (Å²) < 4.78 is 0. The molecule has 0 aromatic rings. The number of nitrogens with zero attached hydrogens (tertiary/aromatic N) is 2. The average Bonchev–Trinajstić information content (AvgIpc) is 2.60. The van der Waals surface area contributed by atoms with Gasteiger partial charge in [-0.15, -0.1) is 0 Å². The number of urea groups is 1. The molecule has 0 aromatic carbocycles. The van der Waals surface area contributed by atoms with Gasteiger partial charge in [0.1, 0.15) is 6.04 Å². The Labute approximate surface area is 117 Å². The van der Waals surface area contributed by atoms with E-state index >= 15 is 0 Å². The molecule has 2 aliphatic rings. The lowest BCUT2D eigenvalue weighted by molar-refractivity contribution is -0.135. The van der Waals surface area contributed by atoms with Crippen LogP contribution in [0, 0.1) is 5.41 Å². The number of hydroxylamine groups is 2. The van der Waals surface area contributed by atoms with Crippen molar-refractivity contribution in [2.75, 3.05) is 6.54 Å². The van der Waals surface area contributed by atoms with Gasteiger partial charge in [-0.2, -0.15) is 0 Å². The molecule has 8 nitrogen and oxygen atoms in total. The van der Waals surface area contributed by atoms with Crippen LogP contribution in [-0.2, 0) is 9.59 Å². The maximum Gasteiger partial charge on any atom is 0.344 e. The highest BCUT2D eigenvalue weighted by Gasteiger charge is 2.46. The lowest BCUT2D eigenvalue weighted by atomic mass is 9.96. The number of nitrogens with one attached hydrogen (secondary N) is 2. The van der Waals surface area contributed by atoms with E-state index < -0.39 is 23.4 Å². The number of amides is 4. The van der Waals surface area contributed by atoms with E-state index in [0.717, 1.165) is 0 Å². The smallest absolute Gasteiger partial charge is 0.309 e. The zero-order valence-corrected chi connectivity index (χ0v) is 11.8. The largest absolute Gasteiger partial charge is 0.344 e. The van der Waals surface area contributed by atoms with Crippen molar-refractivity contribution in [2.24, 2.45) is 5.41 Å². The van der Waals surface area contributed by atoms with Crippen molar-refractivity contribution >= 4 is 17.8 Å². The fourth-order valence-electron chi connectivity index (χ4n) is 2.31. The van der Waals surface area contributed by atoms with Crippen molar-refractivity contribution in [3.05, 3.63) is 0 Å². The van der Waals surface area contributed by atoms with Crippen molar-refractivity contribution in [1.29, 1.82) is 0 Å². The summed E-state index contributed by atoms with van der Waals surface area (Å²) in [5, 5.41) is 10.2. The fraction of sp³-hybridized carbons (Fsp3) is 0.750. The summed E-state index contributed by atoms with van der Waals surface area (Å²) in [4.78, 5) is 36.8. The molecule has 0 spiro atoms. The van der Waals surface area contributed by atoms with Crippen LogP contribution in [0.5, 0.6) is 0 Å². The van der Waals surface area contributed by atoms with E-state index in [2.05, 4.69) is 10.9 Å². The van der Waals surface area contributed by atoms with E-state index in [4.69, 9.17) is 0 Å². The molecular weight excluding hydrogens is 264 g/mol. The lowest BCUT2D eigenvalue weighted by Gasteiger charge is -2.29. The van der Waals surface area contributed by atoms with Crippen LogP contribution in [0.2, 0.25) is 0 Å². The summed E-state index contributed by atoms with van der Waals surface area (Å²) in [6, 6.07) is -1.46. The van der Waals surface area contributed by atoms with Gasteiger partial charge in [0.15, 0.2) is 0 Å². The third kappa shape index (κ3) is 2.55. The van der Waals surface area contributed by atoms with Gasteiger partial charge in [0.05, 0.1) is 6.04 Å². The van der Waals surface area contributed by atoms with Gasteiger partial charge in [0.25, 0.3) is 5.91 Å². The number of fused-ring (bicyclic) bond motifs is 2. The van der Waals surface area contributed by atoms with Gasteiger partial charge in [-0.25, -0.2) is 9.86 Å². The molecule has 2 bridgehead atoms. The minimum Gasteiger partial charge on any atom is -0.309 e. The molecular formula is C12H20N4O4. The van der Waals surface area contributed by atoms with Crippen molar-refractivity contribution in [2.45, 2.75) is 45.7 Å². The number of piperidine rings is 1. The van der Waals surface area contributed by atoms with Gasteiger partial charge in [-0.1, -0.05) is 20.8 Å². The van der Waals surface area contributed by atoms with Gasteiger partial charge in [0, 0.05) is 12.0 Å². The van der Waals surface area contributed by atoms with Crippen molar-refractivity contribution < 1.29 is 19.6 Å². The van der Waals surface area contributed by atoms with E-state index in [-0.39, 0.29) is 11.9 Å². The summed E-state index contributed by atoms with van der Waals surface area (Å²) in [5.41, 5.74) is 4.08. The van der Waals surface area contributed by atoms with Crippen LogP contribution in [0.1, 0.15) is 33.6 Å². The predicted molar refractivity (Wildman–Crippen MR) is 68.3 cm³/mol. The monoisotopic (exact) mass is 284 g/mol. The number of hydrogen-bond donors (Lipinski definition) is 3. The molecule has 2 rings (SSSR count). The molecule has 4 amide bonds. The van der Waals surface area contributed by atoms with E-state index in [1.54, 1.807) is 20.8 Å². The normalized spacial score (nSPS) is 25.7. The van der Waals surface area contributed by atoms with Crippen LogP contribution in [0.25, 0.3) is 0 Å². The van der Waals surface area contributed by atoms with E-state index in [0.29, 0.717) is 24.4 Å². The van der Waals surface area contributed by atoms with Gasteiger partial charge in [-0.05, 0) is 12.8 Å². The van der Waals surface area contributed by atoms with Crippen LogP contribution in [0.4, 0.5) is 4.79 Å². The van der Waals surface area contributed by atoms with E-state index in [1.165, 1.54) is 4.90 Å². The van der Waals surface area contributed by atoms with Crippen LogP contribution in [-0.4, -0.2) is 51.6 Å². The Bertz CT molecular complexity index is 445. The fourth-order valence-corrected chi connectivity index (χ4v) is 2.31. The van der Waals surface area contributed by atoms with Crippen LogP contribution < -0.4 is 10.9 Å². The number of carbonyl (C=O) groups is 3. The third-order valence-electron chi connectivity index (χ3n) is 3.63. The quantitative estimate of drug-likeness (QED) is 0.460. The number of carbonyl (C=O) groups excluding carboxylic acids is 3. The Kier molecular flexibility index (Phi) is 3.59. The molecule has 0 saturated carbocycles. The van der Waals surface area contributed by atoms with Gasteiger partial charge in [-0.3, -0.25) is 25.6 Å². The molecule has 8 heteroatoms. The van der Waals surface area contributed by atoms with Gasteiger partial charge >= 0.3 is 6.03 Å². The molecule has 2 heterocycles. The summed E-state index contributed by atoms with van der Waals surface area (Å²) in [7, 11) is 0. The summed E-state index contributed by atoms with van der Waals surface area (Å²) in [5.74, 6) is -0.749. The van der Waals surface area contributed by atoms with Crippen LogP contribution in [0.15, 0.2) is 0 Å². The highest BCUT2D eigenvalue weighted by atomic mass is 16.5. The molecule has 2 aliphatic heterocycles. The maximum atomic E-state index is 12.0. The summed E-state index contributed by atoms with van der Waals surface area (Å²) in [6.45, 7) is 5.52. The first-order valence-electron chi connectivity index (χ1n) is 6.61. The molecule has 0 aromatic heterocycles. The Morgan fingerprint density at radius 1 is 1.25 bits per heavy atom. The molecule has 0 aliphatic carbocycles. The van der Waals surface area contributed by atoms with E-state index in [9.17, 15) is 19.6 Å². The average molecular weight is 284 g/mol. The standard InChI is InChI=1S/C12H20N4O4/c1-12(2,3)10(18)14-13-9(17)8-5-4-7-6-15(8)11(19)16(7)20/h7-8,20H,4-6H2,1-3H3,(H,13,17)(H,14,18). The Hall–Kier alpha value is -1.83. The molecule has 2 unspecified atom stereocenters. The zero-order valence-electron chi connectivity index (χ0n) is 11.8. The second kappa shape index (κ2) is 4.93. The third-order valence-corrected chi connectivity index (χ3v) is 3.63. The Morgan fingerprint density at radius 2 is 1.90 bits per heavy atom. The first-order chi connectivity index (χ1) is 9.21. The molecule has 2 atom stereocenters. The molecule has 20 heavy (non-hydrogen) atoms. The minimum absolute atomic E-state index is 0.240. The minimum atomic E-state index is -0.656. The predicted octanol–water partition coefficient (Wildman–Crippen LogP) is -0.162. The molecule has 2 fully saturated rings. The van der Waals surface area contributed by atoms with E-state index in [1.807, 2.05) is 0 Å². The SMILES string of the molecule is CC(C)(C)C(=O)NNC(=O)C1CCC2CN1C(=O)N2O. The lowest BCUT2D eigenvalue weighted by Crippen LogP contribution is -2.55. The van der Waals surface area contributed by atoms with Gasteiger partial charge in [0.2, 0.25) is 5.91 Å². The first kappa shape index (κ1) is 14.6. The van der Waals surface area contributed by atoms with Crippen LogP contribution >= 0.6 is 0 Å². The highest BCUT2D eigenvalue weighted by Crippen LogP contribution is 2.28. The molecule has 2 saturated heterocycles. The summed E-state index contributed by atoms with van der Waals surface area (Å²) in [6.07, 6.45) is 1.02. The Balaban J connectivity index is 1.94. The second-order valence-corrected chi connectivity index (χ2v) is 6.22. The maximum absolute atomic E-state index is 12.0. The number of hydrazine groups is 1.